The Hall–Kier alpha value is -2.44. The number of carbonyl (C=O) groups is 2. The lowest BCUT2D eigenvalue weighted by atomic mass is 9.82. The van der Waals surface area contributed by atoms with Gasteiger partial charge in [0.25, 0.3) is 5.91 Å². The topological polar surface area (TPSA) is 79.2 Å². The Bertz CT molecular complexity index is 958. The molecule has 30 heavy (non-hydrogen) atoms. The van der Waals surface area contributed by atoms with E-state index in [0.29, 0.717) is 12.4 Å². The molecule has 1 aromatic carbocycles. The number of carboxylic acids is 1. The van der Waals surface area contributed by atoms with Crippen LogP contribution in [0.1, 0.15) is 66.8 Å². The molecule has 0 spiro atoms. The van der Waals surface area contributed by atoms with Gasteiger partial charge < -0.3 is 9.84 Å². The van der Waals surface area contributed by atoms with Crippen LogP contribution in [-0.4, -0.2) is 40.9 Å². The average Bonchev–Trinajstić information content (AvgIpc) is 3.09. The minimum atomic E-state index is -1.15. The molecule has 0 aromatic heterocycles. The second kappa shape index (κ2) is 6.28. The molecule has 1 amide bonds. The van der Waals surface area contributed by atoms with Crippen molar-refractivity contribution >= 4 is 18.1 Å². The number of aliphatic carboxylic acids is 1. The van der Waals surface area contributed by atoms with Crippen LogP contribution in [0.3, 0.4) is 0 Å². The summed E-state index contributed by atoms with van der Waals surface area (Å²) in [6.07, 6.45) is 8.63. The molecule has 5 saturated carbocycles. The quantitative estimate of drug-likeness (QED) is 0.771. The van der Waals surface area contributed by atoms with E-state index < -0.39 is 23.7 Å². The molecule has 1 N–H and O–H groups in total. The zero-order chi connectivity index (χ0) is 20.6. The smallest absolute Gasteiger partial charge is 0.329 e. The van der Waals surface area contributed by atoms with Crippen LogP contribution in [0, 0.1) is 29.0 Å². The zero-order valence-corrected chi connectivity index (χ0v) is 16.7. The van der Waals surface area contributed by atoms with Crippen LogP contribution in [0.15, 0.2) is 17.2 Å². The number of carboxylic acid groups (broad SMARTS) is 1. The van der Waals surface area contributed by atoms with Gasteiger partial charge in [0.2, 0.25) is 0 Å². The summed E-state index contributed by atoms with van der Waals surface area (Å²) in [7, 11) is 0. The Balaban J connectivity index is 1.27. The first-order valence-corrected chi connectivity index (χ1v) is 11.0. The van der Waals surface area contributed by atoms with Crippen LogP contribution in [0.25, 0.3) is 0 Å². The molecule has 6 aliphatic rings. The lowest BCUT2D eigenvalue weighted by Gasteiger charge is -2.29. The number of benzene rings is 1. The molecule has 6 nitrogen and oxygen atoms in total. The third-order valence-corrected chi connectivity index (χ3v) is 8.23. The van der Waals surface area contributed by atoms with E-state index in [9.17, 15) is 19.1 Å². The number of hydrogen-bond donors (Lipinski definition) is 1. The van der Waals surface area contributed by atoms with Crippen molar-refractivity contribution in [1.29, 1.82) is 0 Å². The summed E-state index contributed by atoms with van der Waals surface area (Å²) in [6.45, 7) is 0.634. The lowest BCUT2D eigenvalue weighted by Crippen LogP contribution is -2.38. The number of halogens is 1. The van der Waals surface area contributed by atoms with Gasteiger partial charge in [-0.2, -0.15) is 5.10 Å². The van der Waals surface area contributed by atoms with E-state index in [1.807, 2.05) is 0 Å². The number of hydrazone groups is 1. The number of carbonyl (C=O) groups excluding carboxylic acids is 1. The predicted octanol–water partition coefficient (Wildman–Crippen LogP) is 3.80. The number of amides is 1. The molecule has 1 heterocycles. The first-order valence-electron chi connectivity index (χ1n) is 11.0. The van der Waals surface area contributed by atoms with Crippen molar-refractivity contribution in [3.05, 3.63) is 29.1 Å². The Kier molecular flexibility index (Phi) is 3.84. The Labute approximate surface area is 174 Å². The Morgan fingerprint density at radius 2 is 1.97 bits per heavy atom. The second-order valence-electron chi connectivity index (χ2n) is 9.93. The normalized spacial score (nSPS) is 35.6. The highest BCUT2D eigenvalue weighted by Crippen LogP contribution is 2.70. The maximum atomic E-state index is 15.0. The van der Waals surface area contributed by atoms with Crippen molar-refractivity contribution in [3.63, 3.8) is 0 Å². The number of hydrogen-bond acceptors (Lipinski definition) is 4. The summed E-state index contributed by atoms with van der Waals surface area (Å²) < 4.78 is 21.2. The fraction of sp³-hybridized carbons (Fsp3) is 0.609. The molecule has 0 radical (unpaired) electrons. The third kappa shape index (κ3) is 2.63. The van der Waals surface area contributed by atoms with Crippen molar-refractivity contribution in [2.45, 2.75) is 56.9 Å². The van der Waals surface area contributed by atoms with Crippen molar-refractivity contribution in [2.24, 2.45) is 28.3 Å². The zero-order valence-electron chi connectivity index (χ0n) is 16.7. The summed E-state index contributed by atoms with van der Waals surface area (Å²) in [5.41, 5.74) is 1.00. The molecular weight excluding hydrogens is 387 g/mol. The maximum absolute atomic E-state index is 15.0. The van der Waals surface area contributed by atoms with E-state index in [0.717, 1.165) is 41.2 Å². The molecule has 158 valence electrons. The molecule has 5 fully saturated rings. The highest BCUT2D eigenvalue weighted by molar-refractivity contribution is 5.99. The van der Waals surface area contributed by atoms with Gasteiger partial charge in [0.05, 0.1) is 12.2 Å². The monoisotopic (exact) mass is 412 g/mol. The average molecular weight is 412 g/mol. The number of rotatable bonds is 6. The van der Waals surface area contributed by atoms with Gasteiger partial charge in [0, 0.05) is 24.1 Å². The fourth-order valence-corrected chi connectivity index (χ4v) is 6.64. The summed E-state index contributed by atoms with van der Waals surface area (Å²) in [5.74, 6) is 0.766. The molecule has 5 aliphatic carbocycles. The standard InChI is InChI=1S/C23H25FN2O4/c24-18-8-20(30-11-23-9-13-5-15(23)6-14(13)10-23)16(12-1-2-12)7-17(18)21(27)26-19(22(28)29)3-4-25-26/h4,7-8,12-15,19H,1-3,5-6,9-11H2,(H,28,29). The number of nitrogens with zero attached hydrogens (tertiary/aromatic N) is 2. The Morgan fingerprint density at radius 1 is 1.23 bits per heavy atom. The van der Waals surface area contributed by atoms with Gasteiger partial charge >= 0.3 is 5.97 Å². The highest BCUT2D eigenvalue weighted by atomic mass is 19.1. The van der Waals surface area contributed by atoms with Crippen LogP contribution in [0.2, 0.25) is 0 Å². The summed E-state index contributed by atoms with van der Waals surface area (Å²) in [6, 6.07) is 1.82. The molecule has 1 aromatic rings. The van der Waals surface area contributed by atoms with E-state index in [2.05, 4.69) is 5.10 Å². The third-order valence-electron chi connectivity index (χ3n) is 8.23. The second-order valence-corrected chi connectivity index (χ2v) is 9.93. The number of ether oxygens (including phenoxy) is 1. The first kappa shape index (κ1) is 18.3. The first-order chi connectivity index (χ1) is 14.4. The fourth-order valence-electron chi connectivity index (χ4n) is 6.64. The van der Waals surface area contributed by atoms with Crippen LogP contribution < -0.4 is 4.74 Å². The molecular formula is C23H25FN2O4. The summed E-state index contributed by atoms with van der Waals surface area (Å²) in [4.78, 5) is 24.3. The highest BCUT2D eigenvalue weighted by Gasteiger charge is 2.63. The van der Waals surface area contributed by atoms with Crippen molar-refractivity contribution < 1.29 is 23.8 Å². The van der Waals surface area contributed by atoms with Crippen LogP contribution in [0.5, 0.6) is 5.75 Å². The van der Waals surface area contributed by atoms with Crippen molar-refractivity contribution in [3.8, 4) is 5.75 Å². The predicted molar refractivity (Wildman–Crippen MR) is 106 cm³/mol. The molecule has 1 aliphatic heterocycles. The molecule has 0 saturated heterocycles. The lowest BCUT2D eigenvalue weighted by molar-refractivity contribution is -0.141. The minimum Gasteiger partial charge on any atom is -0.493 e. The van der Waals surface area contributed by atoms with Gasteiger partial charge in [-0.1, -0.05) is 0 Å². The van der Waals surface area contributed by atoms with E-state index >= 15 is 0 Å². The van der Waals surface area contributed by atoms with Gasteiger partial charge in [0.15, 0.2) is 6.04 Å². The van der Waals surface area contributed by atoms with E-state index in [1.54, 1.807) is 6.07 Å². The van der Waals surface area contributed by atoms with Crippen LogP contribution in [-0.2, 0) is 4.79 Å². The Morgan fingerprint density at radius 3 is 2.57 bits per heavy atom. The molecule has 7 rings (SSSR count). The molecule has 7 heteroatoms. The van der Waals surface area contributed by atoms with Crippen molar-refractivity contribution in [2.75, 3.05) is 6.61 Å². The van der Waals surface area contributed by atoms with E-state index in [4.69, 9.17) is 4.74 Å². The summed E-state index contributed by atoms with van der Waals surface area (Å²) >= 11 is 0. The summed E-state index contributed by atoms with van der Waals surface area (Å²) in [5, 5.41) is 14.1. The van der Waals surface area contributed by atoms with Gasteiger partial charge in [0.1, 0.15) is 11.6 Å². The maximum Gasteiger partial charge on any atom is 0.329 e. The van der Waals surface area contributed by atoms with Crippen LogP contribution >= 0.6 is 0 Å². The largest absolute Gasteiger partial charge is 0.493 e. The van der Waals surface area contributed by atoms with Gasteiger partial charge in [-0.05, 0) is 73.8 Å². The van der Waals surface area contributed by atoms with E-state index in [-0.39, 0.29) is 23.3 Å². The molecule has 3 unspecified atom stereocenters. The van der Waals surface area contributed by atoms with Gasteiger partial charge in [-0.25, -0.2) is 14.2 Å². The van der Waals surface area contributed by atoms with Gasteiger partial charge in [-0.15, -0.1) is 0 Å². The molecule has 4 bridgehead atoms. The van der Waals surface area contributed by atoms with Crippen molar-refractivity contribution in [1.82, 2.24) is 5.01 Å². The SMILES string of the molecule is O=C(O)C1CC=NN1C(=O)c1cc(C2CC2)c(OCC23CC4CC2CC4C3)cc1F. The van der Waals surface area contributed by atoms with E-state index in [1.165, 1.54) is 38.0 Å². The van der Waals surface area contributed by atoms with Gasteiger partial charge in [-0.3, -0.25) is 4.79 Å². The van der Waals surface area contributed by atoms with Crippen LogP contribution in [0.4, 0.5) is 4.39 Å². The molecule has 3 atom stereocenters. The minimum absolute atomic E-state index is 0.128.